The van der Waals surface area contributed by atoms with E-state index in [0.29, 0.717) is 54.3 Å². The number of ketones is 2. The number of hydrogen-bond donors (Lipinski definition) is 2. The fraction of sp³-hybridized carbons (Fsp3) is 0.369. The predicted octanol–water partition coefficient (Wildman–Crippen LogP) is 13.9. The van der Waals surface area contributed by atoms with E-state index in [2.05, 4.69) is 79.7 Å². The van der Waals surface area contributed by atoms with Gasteiger partial charge in [-0.25, -0.2) is 34.7 Å². The van der Waals surface area contributed by atoms with E-state index in [1.807, 2.05) is 115 Å². The van der Waals surface area contributed by atoms with Crippen LogP contribution in [0.5, 0.6) is 11.5 Å². The highest BCUT2D eigenvalue weighted by Crippen LogP contribution is 2.50. The second-order valence-electron chi connectivity index (χ2n) is 28.3. The molecule has 28 nitrogen and oxygen atoms in total. The first-order valence-electron chi connectivity index (χ1n) is 37.7. The van der Waals surface area contributed by atoms with Crippen molar-refractivity contribution in [3.8, 4) is 28.7 Å². The molecule has 6 heterocycles. The van der Waals surface area contributed by atoms with Gasteiger partial charge in [-0.2, -0.15) is 5.26 Å². The maximum absolute atomic E-state index is 13.9. The van der Waals surface area contributed by atoms with Crippen LogP contribution in [-0.4, -0.2) is 158 Å². The summed E-state index contributed by atoms with van der Waals surface area (Å²) < 4.78 is 67.9. The highest BCUT2D eigenvalue weighted by Gasteiger charge is 2.46. The zero-order valence-electron chi connectivity index (χ0n) is 63.6. The second kappa shape index (κ2) is 37.4. The molecule has 10 aromatic rings. The van der Waals surface area contributed by atoms with E-state index >= 15 is 0 Å². The number of carbonyl (C=O) groups excluding carboxylic acids is 6. The van der Waals surface area contributed by atoms with E-state index < -0.39 is 69.0 Å². The van der Waals surface area contributed by atoms with Gasteiger partial charge in [0, 0.05) is 63.6 Å². The number of aromatic nitrogens is 8. The van der Waals surface area contributed by atoms with Crippen molar-refractivity contribution in [2.45, 2.75) is 140 Å². The first-order chi connectivity index (χ1) is 55.0. The SMILES string of the molecule is COc1ccc(C(OC[C@H]2O[C@@H](n3cnc4c(NC(=O)c5ccc(CCC(=O)CCC(C)C)cc5)ncnc43)CC2OP(OCCC#N)OC[C@H]2O[C@@H](n3cnc4c(NC(=O)CCCN(C)C(=O)OCC5c6ccccc6-c6ccccc65)ncnc43)CC2OC(=O)CCC(C)=O)(c2ccccc2)c2ccc(OC)cc2)cc1. The van der Waals surface area contributed by atoms with Crippen LogP contribution < -0.4 is 20.1 Å². The van der Waals surface area contributed by atoms with E-state index in [1.165, 1.54) is 30.8 Å². The Hall–Kier alpha value is -11.3. The zero-order valence-corrected chi connectivity index (χ0v) is 64.5. The number of amides is 3. The molecule has 586 valence electrons. The molecule has 3 aliphatic rings. The third kappa shape index (κ3) is 19.1. The topological polar surface area (TPSA) is 333 Å². The Bertz CT molecular complexity index is 4930. The van der Waals surface area contributed by atoms with Gasteiger partial charge in [-0.05, 0) is 113 Å². The van der Waals surface area contributed by atoms with Crippen molar-refractivity contribution in [2.75, 3.05) is 64.9 Å². The number of Topliss-reactive ketones (excluding diaryl/α,β-unsaturated/α-hetero) is 2. The lowest BCUT2D eigenvalue weighted by molar-refractivity contribution is -0.153. The molecule has 6 aromatic carbocycles. The fourth-order valence-corrected chi connectivity index (χ4v) is 15.4. The average Bonchev–Trinajstić information content (AvgIpc) is 1.67. The van der Waals surface area contributed by atoms with Gasteiger partial charge in [0.25, 0.3) is 5.91 Å². The van der Waals surface area contributed by atoms with Crippen molar-refractivity contribution in [3.05, 3.63) is 216 Å². The van der Waals surface area contributed by atoms with Gasteiger partial charge < -0.3 is 67.1 Å². The third-order valence-corrected chi connectivity index (χ3v) is 21.4. The fourth-order valence-electron chi connectivity index (χ4n) is 14.2. The van der Waals surface area contributed by atoms with Gasteiger partial charge in [-0.1, -0.05) is 129 Å². The molecule has 2 aliphatic heterocycles. The summed E-state index contributed by atoms with van der Waals surface area (Å²) in [7, 11) is 2.36. The first-order valence-corrected chi connectivity index (χ1v) is 38.8. The number of benzene rings is 6. The summed E-state index contributed by atoms with van der Waals surface area (Å²) in [5.74, 6) is 0.366. The van der Waals surface area contributed by atoms with E-state index in [-0.39, 0.29) is 123 Å². The minimum absolute atomic E-state index is 0.0281. The van der Waals surface area contributed by atoms with Crippen LogP contribution in [0.15, 0.2) is 177 Å². The molecule has 0 bridgehead atoms. The smallest absolute Gasteiger partial charge is 0.409 e. The van der Waals surface area contributed by atoms with Gasteiger partial charge in [0.2, 0.25) is 5.91 Å². The minimum atomic E-state index is -2.45. The summed E-state index contributed by atoms with van der Waals surface area (Å²) in [5, 5.41) is 15.6. The lowest BCUT2D eigenvalue weighted by Crippen LogP contribution is -2.38. The lowest BCUT2D eigenvalue weighted by atomic mass is 9.80. The molecule has 3 unspecified atom stereocenters. The van der Waals surface area contributed by atoms with Crippen LogP contribution in [0.2, 0.25) is 0 Å². The molecular formula is C84H89N12O16P. The summed E-state index contributed by atoms with van der Waals surface area (Å²) in [5.41, 5.74) is 7.78. The first kappa shape index (κ1) is 79.8. The molecule has 2 fully saturated rings. The number of nitriles is 1. The number of nitrogens with zero attached hydrogens (tertiary/aromatic N) is 10. The molecule has 4 aromatic heterocycles. The number of imidazole rings is 2. The van der Waals surface area contributed by atoms with Crippen molar-refractivity contribution in [1.82, 2.24) is 43.9 Å². The van der Waals surface area contributed by atoms with Gasteiger partial charge in [0.05, 0.1) is 71.7 Å². The molecule has 3 amide bonds. The number of ether oxygens (including phenoxy) is 7. The molecule has 2 saturated heterocycles. The van der Waals surface area contributed by atoms with Gasteiger partial charge in [-0.15, -0.1) is 0 Å². The van der Waals surface area contributed by atoms with Gasteiger partial charge >= 0.3 is 20.7 Å². The number of anilines is 2. The van der Waals surface area contributed by atoms with Crippen molar-refractivity contribution in [2.24, 2.45) is 5.92 Å². The number of nitrogens with one attached hydrogen (secondary N) is 2. The second-order valence-corrected chi connectivity index (χ2v) is 29.4. The molecule has 1 aliphatic carbocycles. The summed E-state index contributed by atoms with van der Waals surface area (Å²) in [6, 6.07) is 50.4. The summed E-state index contributed by atoms with van der Waals surface area (Å²) in [6.45, 7) is 5.40. The number of carbonyl (C=O) groups is 6. The number of methoxy groups -OCH3 is 2. The van der Waals surface area contributed by atoms with E-state index in [0.717, 1.165) is 50.9 Å². The van der Waals surface area contributed by atoms with Crippen molar-refractivity contribution >= 4 is 78.0 Å². The molecular weight excluding hydrogens is 1460 g/mol. The molecule has 29 heteroatoms. The Kier molecular flexibility index (Phi) is 26.4. The largest absolute Gasteiger partial charge is 0.497 e. The van der Waals surface area contributed by atoms with E-state index in [1.54, 1.807) is 48.9 Å². The standard InChI is InChI=1S/C84H89N12O16P/c1-53(2)23-34-60(98)35-27-55-25-28-56(29-26-55)82(101)93-79-77-81(89-50-87-79)96(52-91-77)74-45-69(70(109-74)47-106-84(57-16-8-7-9-17-57,58-30-36-61(103-5)37-31-58)59-32-38-62(104-6)39-33-59)112-113(107-43-15-41-85)108-48-71-68(111-75(100)40-24-54(3)97)44-73(110-71)95-51-90-76-78(86-49-88-80(76)95)92-72(99)22-14-42-94(4)83(102)105-46-67-65-20-12-10-18-63(65)64-19-11-13-21-66(64)67/h7-13,16-21,25-26,28-33,36-39,49-53,67-71,73-74H,14-15,22-24,27,34-35,40,42-48H2,1-6H3,(H,86,88,92,99)(H,87,89,93,101)/t68?,69?,70-,71-,73-,74-,113?/m1/s1. The van der Waals surface area contributed by atoms with Crippen LogP contribution in [0.25, 0.3) is 33.5 Å². The van der Waals surface area contributed by atoms with Crippen LogP contribution in [0.1, 0.15) is 147 Å². The third-order valence-electron chi connectivity index (χ3n) is 20.2. The molecule has 0 spiro atoms. The van der Waals surface area contributed by atoms with Crippen LogP contribution >= 0.6 is 8.60 Å². The van der Waals surface area contributed by atoms with Gasteiger partial charge in [-0.3, -0.25) is 28.3 Å². The number of rotatable bonds is 37. The van der Waals surface area contributed by atoms with Crippen LogP contribution in [0, 0.1) is 17.2 Å². The Morgan fingerprint density at radius 3 is 1.81 bits per heavy atom. The van der Waals surface area contributed by atoms with Crippen LogP contribution in [-0.2, 0) is 68.5 Å². The summed E-state index contributed by atoms with van der Waals surface area (Å²) in [6.07, 6.45) is 2.01. The maximum Gasteiger partial charge on any atom is 0.409 e. The number of esters is 1. The molecule has 0 radical (unpaired) electrons. The highest BCUT2D eigenvalue weighted by atomic mass is 31.2. The molecule has 113 heavy (non-hydrogen) atoms. The average molecular weight is 1550 g/mol. The number of hydrogen-bond acceptors (Lipinski definition) is 23. The highest BCUT2D eigenvalue weighted by molar-refractivity contribution is 7.41. The van der Waals surface area contributed by atoms with Crippen molar-refractivity contribution < 1.29 is 75.5 Å². The monoisotopic (exact) mass is 1550 g/mol. The maximum atomic E-state index is 13.9. The Balaban J connectivity index is 0.733. The molecule has 13 rings (SSSR count). The number of aryl methyl sites for hydroxylation is 1. The molecule has 7 atom stereocenters. The molecule has 0 saturated carbocycles. The quantitative estimate of drug-likeness (QED) is 0.0158. The minimum Gasteiger partial charge on any atom is -0.497 e. The zero-order chi connectivity index (χ0) is 79.0. The molecule has 2 N–H and O–H groups in total. The van der Waals surface area contributed by atoms with Gasteiger partial charge in [0.1, 0.15) is 78.7 Å². The van der Waals surface area contributed by atoms with E-state index in [4.69, 9.17) is 51.7 Å². The van der Waals surface area contributed by atoms with Crippen LogP contribution in [0.3, 0.4) is 0 Å². The Morgan fingerprint density at radius 2 is 1.21 bits per heavy atom. The lowest BCUT2D eigenvalue weighted by Gasteiger charge is -2.37. The number of fused-ring (bicyclic) bond motifs is 5. The van der Waals surface area contributed by atoms with E-state index in [9.17, 15) is 34.0 Å². The Labute approximate surface area is 654 Å². The predicted molar refractivity (Wildman–Crippen MR) is 417 cm³/mol. The van der Waals surface area contributed by atoms with Gasteiger partial charge in [0.15, 0.2) is 34.0 Å². The summed E-state index contributed by atoms with van der Waals surface area (Å²) in [4.78, 5) is 108. The van der Waals surface area contributed by atoms with Crippen LogP contribution in [0.4, 0.5) is 16.4 Å². The van der Waals surface area contributed by atoms with Crippen molar-refractivity contribution in [1.29, 1.82) is 5.26 Å². The normalized spacial score (nSPS) is 17.5. The summed E-state index contributed by atoms with van der Waals surface area (Å²) >= 11 is 0. The Morgan fingerprint density at radius 1 is 0.637 bits per heavy atom. The van der Waals surface area contributed by atoms with Crippen molar-refractivity contribution in [3.63, 3.8) is 0 Å².